The average molecular weight is 395 g/mol. The van der Waals surface area contributed by atoms with Gasteiger partial charge in [-0.1, -0.05) is 45.9 Å². The van der Waals surface area contributed by atoms with Gasteiger partial charge < -0.3 is 14.2 Å². The van der Waals surface area contributed by atoms with Crippen LogP contribution in [0.25, 0.3) is 0 Å². The highest BCUT2D eigenvalue weighted by Gasteiger charge is 2.42. The van der Waals surface area contributed by atoms with Crippen LogP contribution in [0.5, 0.6) is 11.5 Å². The highest BCUT2D eigenvalue weighted by molar-refractivity contribution is 5.65. The highest BCUT2D eigenvalue weighted by atomic mass is 16.7. The molecule has 0 bridgehead atoms. The van der Waals surface area contributed by atoms with E-state index < -0.39 is 6.16 Å². The van der Waals surface area contributed by atoms with Crippen molar-refractivity contribution in [2.75, 3.05) is 13.7 Å². The van der Waals surface area contributed by atoms with Gasteiger partial charge in [-0.2, -0.15) is 0 Å². The topological polar surface area (TPSA) is 44.8 Å². The lowest BCUT2D eigenvalue weighted by molar-refractivity contribution is 0.121. The van der Waals surface area contributed by atoms with Crippen molar-refractivity contribution >= 4 is 6.16 Å². The number of fused-ring (bicyclic) bond motifs is 2. The Balaban J connectivity index is 1.79. The molecule has 2 aliphatic rings. The molecule has 0 aromatic heterocycles. The first-order valence-electron chi connectivity index (χ1n) is 10.3. The fraction of sp³-hybridized carbons (Fsp3) is 0.480. The number of benzene rings is 2. The molecule has 0 saturated heterocycles. The maximum atomic E-state index is 11.5. The Hall–Kier alpha value is -2.49. The van der Waals surface area contributed by atoms with Crippen molar-refractivity contribution < 1.29 is 19.0 Å². The molecule has 0 saturated carbocycles. The van der Waals surface area contributed by atoms with E-state index in [9.17, 15) is 4.79 Å². The lowest BCUT2D eigenvalue weighted by atomic mass is 9.62. The standard InChI is InChI=1S/C25H30O4/c1-23(2)11-12-24(3,4)19-13-16(7-9-18(19)23)25(5)15-28-21-10-8-17(14-20(21)25)29-22(26)27-6/h7-10,13-14H,11-12,15H2,1-6H3. The first kappa shape index (κ1) is 19.8. The number of ether oxygens (including phenoxy) is 3. The SMILES string of the molecule is COC(=O)Oc1ccc2c(c1)C(C)(c1ccc3c(c1)C(C)(C)CCC3(C)C)CO2. The van der Waals surface area contributed by atoms with Crippen LogP contribution in [-0.2, 0) is 21.0 Å². The summed E-state index contributed by atoms with van der Waals surface area (Å²) in [5.74, 6) is 1.30. The number of hydrogen-bond acceptors (Lipinski definition) is 4. The van der Waals surface area contributed by atoms with E-state index in [0.29, 0.717) is 12.4 Å². The van der Waals surface area contributed by atoms with E-state index in [-0.39, 0.29) is 16.2 Å². The second-order valence-electron chi connectivity index (χ2n) is 9.86. The van der Waals surface area contributed by atoms with Crippen LogP contribution in [0.2, 0.25) is 0 Å². The van der Waals surface area contributed by atoms with Crippen LogP contribution in [0.15, 0.2) is 36.4 Å². The van der Waals surface area contributed by atoms with Crippen molar-refractivity contribution in [1.29, 1.82) is 0 Å². The van der Waals surface area contributed by atoms with Gasteiger partial charge in [-0.15, -0.1) is 0 Å². The molecule has 4 rings (SSSR count). The van der Waals surface area contributed by atoms with Gasteiger partial charge in [0.25, 0.3) is 0 Å². The predicted molar refractivity (Wildman–Crippen MR) is 113 cm³/mol. The van der Waals surface area contributed by atoms with Crippen LogP contribution in [0.1, 0.15) is 69.7 Å². The first-order chi connectivity index (χ1) is 13.6. The van der Waals surface area contributed by atoms with Gasteiger partial charge in [0.05, 0.1) is 12.5 Å². The summed E-state index contributed by atoms with van der Waals surface area (Å²) in [5, 5.41) is 0. The van der Waals surface area contributed by atoms with Crippen molar-refractivity contribution in [3.05, 3.63) is 58.7 Å². The molecule has 2 aromatic carbocycles. The van der Waals surface area contributed by atoms with Gasteiger partial charge in [0, 0.05) is 5.56 Å². The van der Waals surface area contributed by atoms with Gasteiger partial charge >= 0.3 is 6.16 Å². The molecule has 1 aliphatic heterocycles. The van der Waals surface area contributed by atoms with Crippen molar-refractivity contribution in [2.24, 2.45) is 0 Å². The second-order valence-corrected chi connectivity index (χ2v) is 9.86. The van der Waals surface area contributed by atoms with Crippen LogP contribution in [0.3, 0.4) is 0 Å². The number of carbonyl (C=O) groups excluding carboxylic acids is 1. The average Bonchev–Trinajstić information content (AvgIpc) is 3.03. The van der Waals surface area contributed by atoms with Gasteiger partial charge in [0.2, 0.25) is 0 Å². The van der Waals surface area contributed by atoms with Crippen molar-refractivity contribution in [1.82, 2.24) is 0 Å². The smallest absolute Gasteiger partial charge is 0.492 e. The Morgan fingerprint density at radius 2 is 1.59 bits per heavy atom. The highest BCUT2D eigenvalue weighted by Crippen LogP contribution is 2.49. The molecule has 1 aliphatic carbocycles. The van der Waals surface area contributed by atoms with Crippen LogP contribution in [-0.4, -0.2) is 19.9 Å². The fourth-order valence-corrected chi connectivity index (χ4v) is 4.74. The Morgan fingerprint density at radius 1 is 0.897 bits per heavy atom. The summed E-state index contributed by atoms with van der Waals surface area (Å²) < 4.78 is 15.9. The number of methoxy groups -OCH3 is 1. The minimum absolute atomic E-state index is 0.148. The zero-order valence-electron chi connectivity index (χ0n) is 18.2. The van der Waals surface area contributed by atoms with Crippen LogP contribution >= 0.6 is 0 Å². The minimum atomic E-state index is -0.719. The summed E-state index contributed by atoms with van der Waals surface area (Å²) in [4.78, 5) is 11.5. The molecule has 0 N–H and O–H groups in total. The molecule has 4 heteroatoms. The Morgan fingerprint density at radius 3 is 2.28 bits per heavy atom. The van der Waals surface area contributed by atoms with E-state index in [1.54, 1.807) is 6.07 Å². The van der Waals surface area contributed by atoms with E-state index >= 15 is 0 Å². The first-order valence-corrected chi connectivity index (χ1v) is 10.3. The maximum absolute atomic E-state index is 11.5. The van der Waals surface area contributed by atoms with Crippen molar-refractivity contribution in [3.8, 4) is 11.5 Å². The molecule has 0 fully saturated rings. The molecule has 1 heterocycles. The monoisotopic (exact) mass is 394 g/mol. The van der Waals surface area contributed by atoms with E-state index in [0.717, 1.165) is 11.3 Å². The lowest BCUT2D eigenvalue weighted by Gasteiger charge is -2.42. The minimum Gasteiger partial charge on any atom is -0.492 e. The number of hydrogen-bond donors (Lipinski definition) is 0. The molecule has 154 valence electrons. The van der Waals surface area contributed by atoms with Crippen LogP contribution < -0.4 is 9.47 Å². The molecule has 0 radical (unpaired) electrons. The largest absolute Gasteiger partial charge is 0.513 e. The fourth-order valence-electron chi connectivity index (χ4n) is 4.74. The van der Waals surface area contributed by atoms with Crippen molar-refractivity contribution in [3.63, 3.8) is 0 Å². The van der Waals surface area contributed by atoms with Gasteiger partial charge in [-0.05, 0) is 65.5 Å². The second kappa shape index (κ2) is 6.51. The van der Waals surface area contributed by atoms with E-state index in [1.807, 2.05) is 12.1 Å². The number of rotatable bonds is 2. The van der Waals surface area contributed by atoms with E-state index in [1.165, 1.54) is 36.6 Å². The third-order valence-electron chi connectivity index (χ3n) is 6.92. The molecular formula is C25H30O4. The summed E-state index contributed by atoms with van der Waals surface area (Å²) >= 11 is 0. The Kier molecular flexibility index (Phi) is 4.45. The zero-order valence-corrected chi connectivity index (χ0v) is 18.2. The third-order valence-corrected chi connectivity index (χ3v) is 6.92. The number of carbonyl (C=O) groups is 1. The Bertz CT molecular complexity index is 973. The molecular weight excluding hydrogens is 364 g/mol. The third kappa shape index (κ3) is 3.19. The summed E-state index contributed by atoms with van der Waals surface area (Å²) in [6.07, 6.45) is 1.66. The lowest BCUT2D eigenvalue weighted by Crippen LogP contribution is -2.35. The molecule has 2 aromatic rings. The molecule has 0 spiro atoms. The quantitative estimate of drug-likeness (QED) is 0.471. The van der Waals surface area contributed by atoms with Crippen molar-refractivity contribution in [2.45, 2.75) is 63.7 Å². The predicted octanol–water partition coefficient (Wildman–Crippen LogP) is 5.88. The van der Waals surface area contributed by atoms with Gasteiger partial charge in [-0.3, -0.25) is 0 Å². The van der Waals surface area contributed by atoms with E-state index in [4.69, 9.17) is 9.47 Å². The summed E-state index contributed by atoms with van der Waals surface area (Å²) in [6.45, 7) is 12.1. The summed E-state index contributed by atoms with van der Waals surface area (Å²) in [6, 6.07) is 12.4. The maximum Gasteiger partial charge on any atom is 0.513 e. The molecule has 4 nitrogen and oxygen atoms in total. The van der Waals surface area contributed by atoms with Crippen LogP contribution in [0, 0.1) is 0 Å². The summed E-state index contributed by atoms with van der Waals surface area (Å²) in [5.41, 5.74) is 5.18. The molecule has 1 unspecified atom stereocenters. The zero-order chi connectivity index (χ0) is 21.0. The Labute approximate surface area is 173 Å². The molecule has 29 heavy (non-hydrogen) atoms. The normalized spacial score (nSPS) is 23.5. The van der Waals surface area contributed by atoms with Gasteiger partial charge in [0.1, 0.15) is 18.1 Å². The van der Waals surface area contributed by atoms with Gasteiger partial charge in [-0.25, -0.2) is 4.79 Å². The summed E-state index contributed by atoms with van der Waals surface area (Å²) in [7, 11) is 1.30. The molecule has 0 amide bonds. The molecule has 1 atom stereocenters. The van der Waals surface area contributed by atoms with Crippen LogP contribution in [0.4, 0.5) is 4.79 Å². The van der Waals surface area contributed by atoms with Gasteiger partial charge in [0.15, 0.2) is 0 Å². The van der Waals surface area contributed by atoms with E-state index in [2.05, 4.69) is 57.6 Å².